The number of fused-ring (bicyclic) bond motifs is 7. The molecule has 0 N–H and O–H groups in total. The monoisotopic (exact) mass is 880 g/mol. The summed E-state index contributed by atoms with van der Waals surface area (Å²) in [6, 6.07) is 93.8. The Morgan fingerprint density at radius 2 is 0.652 bits per heavy atom. The van der Waals surface area contributed by atoms with Gasteiger partial charge in [0.05, 0.1) is 0 Å². The fraction of sp³-hybridized carbons (Fsp3) is 0.0448. The normalized spacial score (nSPS) is 12.6. The molecule has 0 unspecified atom stereocenters. The summed E-state index contributed by atoms with van der Waals surface area (Å²) < 4.78 is 0. The summed E-state index contributed by atoms with van der Waals surface area (Å²) in [5.74, 6) is 0. The van der Waals surface area contributed by atoms with E-state index in [1.165, 1.54) is 87.6 Å². The Balaban J connectivity index is 1.06. The molecule has 0 bridgehead atoms. The molecular formula is C67H48N2. The largest absolute Gasteiger partial charge is 0.310 e. The van der Waals surface area contributed by atoms with Crippen molar-refractivity contribution in [1.82, 2.24) is 0 Å². The second kappa shape index (κ2) is 16.3. The molecule has 12 aromatic carbocycles. The van der Waals surface area contributed by atoms with E-state index in [1.807, 2.05) is 0 Å². The van der Waals surface area contributed by atoms with Gasteiger partial charge in [0.25, 0.3) is 0 Å². The van der Waals surface area contributed by atoms with Crippen molar-refractivity contribution in [2.45, 2.75) is 19.3 Å². The summed E-state index contributed by atoms with van der Waals surface area (Å²) in [6.45, 7) is 4.82. The highest BCUT2D eigenvalue weighted by atomic mass is 15.1. The molecule has 0 spiro atoms. The van der Waals surface area contributed by atoms with Gasteiger partial charge in [0, 0.05) is 39.5 Å². The molecule has 13 rings (SSSR count). The Kier molecular flexibility index (Phi) is 9.55. The SMILES string of the molecule is CC1(C)c2cc(N(c3ccccc3)c3ccc4ccccc4c3)ccc2-c2cc3c(-c4ccccc4)c4cc(N(c5ccccc5)c5ccc6ccccc6c5)ccc4c(-c4ccccc4)c3cc21. The van der Waals surface area contributed by atoms with Gasteiger partial charge in [0.15, 0.2) is 0 Å². The van der Waals surface area contributed by atoms with E-state index in [1.54, 1.807) is 0 Å². The van der Waals surface area contributed by atoms with Gasteiger partial charge in [-0.1, -0.05) is 184 Å². The lowest BCUT2D eigenvalue weighted by atomic mass is 9.79. The highest BCUT2D eigenvalue weighted by Crippen LogP contribution is 2.55. The van der Waals surface area contributed by atoms with Gasteiger partial charge in [-0.15, -0.1) is 0 Å². The fourth-order valence-electron chi connectivity index (χ4n) is 11.2. The second-order valence-electron chi connectivity index (χ2n) is 18.9. The summed E-state index contributed by atoms with van der Waals surface area (Å²) in [5, 5.41) is 9.85. The summed E-state index contributed by atoms with van der Waals surface area (Å²) in [4.78, 5) is 4.81. The van der Waals surface area contributed by atoms with Crippen LogP contribution >= 0.6 is 0 Å². The number of nitrogens with zero attached hydrogens (tertiary/aromatic N) is 2. The molecule has 1 aliphatic rings. The zero-order valence-corrected chi connectivity index (χ0v) is 38.6. The first-order valence-corrected chi connectivity index (χ1v) is 24.0. The molecule has 0 heterocycles. The summed E-state index contributed by atoms with van der Waals surface area (Å²) in [6.07, 6.45) is 0. The van der Waals surface area contributed by atoms with Crippen molar-refractivity contribution in [3.63, 3.8) is 0 Å². The quantitative estimate of drug-likeness (QED) is 0.140. The molecule has 0 fully saturated rings. The Hall–Kier alpha value is -8.72. The Morgan fingerprint density at radius 1 is 0.261 bits per heavy atom. The molecule has 0 aliphatic heterocycles. The zero-order valence-electron chi connectivity index (χ0n) is 38.6. The van der Waals surface area contributed by atoms with Crippen LogP contribution < -0.4 is 9.80 Å². The van der Waals surface area contributed by atoms with Crippen LogP contribution in [0.5, 0.6) is 0 Å². The van der Waals surface area contributed by atoms with Crippen LogP contribution in [0.3, 0.4) is 0 Å². The lowest BCUT2D eigenvalue weighted by molar-refractivity contribution is 0.661. The van der Waals surface area contributed by atoms with Crippen LogP contribution in [0.15, 0.2) is 255 Å². The van der Waals surface area contributed by atoms with Crippen LogP contribution in [0.25, 0.3) is 76.5 Å². The molecule has 0 atom stereocenters. The smallest absolute Gasteiger partial charge is 0.0468 e. The predicted molar refractivity (Wildman–Crippen MR) is 294 cm³/mol. The van der Waals surface area contributed by atoms with E-state index >= 15 is 0 Å². The van der Waals surface area contributed by atoms with Crippen molar-refractivity contribution in [3.8, 4) is 33.4 Å². The van der Waals surface area contributed by atoms with Crippen LogP contribution in [-0.2, 0) is 5.41 Å². The molecule has 0 radical (unpaired) electrons. The van der Waals surface area contributed by atoms with Crippen LogP contribution in [0.2, 0.25) is 0 Å². The predicted octanol–water partition coefficient (Wildman–Crippen LogP) is 18.9. The average molecular weight is 881 g/mol. The third kappa shape index (κ3) is 6.79. The molecule has 1 aliphatic carbocycles. The van der Waals surface area contributed by atoms with Gasteiger partial charge in [0.1, 0.15) is 0 Å². The highest BCUT2D eigenvalue weighted by Gasteiger charge is 2.37. The van der Waals surface area contributed by atoms with Crippen molar-refractivity contribution in [2.75, 3.05) is 9.80 Å². The minimum absolute atomic E-state index is 0.281. The minimum atomic E-state index is -0.281. The lowest BCUT2D eigenvalue weighted by Gasteiger charge is -2.28. The van der Waals surface area contributed by atoms with E-state index in [9.17, 15) is 0 Å². The topological polar surface area (TPSA) is 6.48 Å². The average Bonchev–Trinajstić information content (AvgIpc) is 3.62. The van der Waals surface area contributed by atoms with Gasteiger partial charge in [-0.05, 0) is 173 Å². The summed E-state index contributed by atoms with van der Waals surface area (Å²) >= 11 is 0. The van der Waals surface area contributed by atoms with Crippen molar-refractivity contribution in [1.29, 1.82) is 0 Å². The van der Waals surface area contributed by atoms with Crippen molar-refractivity contribution < 1.29 is 0 Å². The standard InChI is InChI=1S/C67H48N2/c1-67(2)63-42-56(69(52-29-13-6-14-30-52)54-34-32-46-20-16-18-26-50(46)40-54)35-37-57(63)59-43-61-62(44-64(59)67)65(47-21-7-3-8-22-47)58-38-36-55(41-60(58)66(61)48-23-9-4-10-24-48)68(51-27-11-5-12-28-51)53-33-31-45-19-15-17-25-49(45)39-53/h3-44H,1-2H3. The maximum atomic E-state index is 2.54. The van der Waals surface area contributed by atoms with Crippen LogP contribution in [0, 0.1) is 0 Å². The minimum Gasteiger partial charge on any atom is -0.310 e. The Morgan fingerprint density at radius 3 is 1.20 bits per heavy atom. The maximum absolute atomic E-state index is 2.54. The number of para-hydroxylation sites is 2. The molecule has 326 valence electrons. The van der Waals surface area contributed by atoms with Gasteiger partial charge < -0.3 is 9.80 Å². The van der Waals surface area contributed by atoms with Gasteiger partial charge in [0.2, 0.25) is 0 Å². The van der Waals surface area contributed by atoms with E-state index < -0.39 is 0 Å². The number of hydrogen-bond acceptors (Lipinski definition) is 2. The third-order valence-electron chi connectivity index (χ3n) is 14.5. The highest BCUT2D eigenvalue weighted by molar-refractivity contribution is 6.23. The first-order valence-electron chi connectivity index (χ1n) is 24.0. The van der Waals surface area contributed by atoms with Crippen molar-refractivity contribution >= 4 is 77.2 Å². The molecule has 2 heteroatoms. The number of benzene rings is 12. The van der Waals surface area contributed by atoms with E-state index in [-0.39, 0.29) is 5.41 Å². The molecule has 0 aromatic heterocycles. The van der Waals surface area contributed by atoms with Crippen molar-refractivity contribution in [3.05, 3.63) is 266 Å². The van der Waals surface area contributed by atoms with Crippen LogP contribution in [0.1, 0.15) is 25.0 Å². The number of anilines is 6. The molecule has 0 amide bonds. The van der Waals surface area contributed by atoms with Crippen molar-refractivity contribution in [2.24, 2.45) is 0 Å². The Bertz CT molecular complexity index is 3920. The fourth-order valence-corrected chi connectivity index (χ4v) is 11.2. The van der Waals surface area contributed by atoms with Gasteiger partial charge in [-0.3, -0.25) is 0 Å². The van der Waals surface area contributed by atoms with E-state index in [0.717, 1.165) is 34.1 Å². The van der Waals surface area contributed by atoms with Crippen LogP contribution in [-0.4, -0.2) is 0 Å². The number of hydrogen-bond donors (Lipinski definition) is 0. The zero-order chi connectivity index (χ0) is 46.1. The lowest BCUT2D eigenvalue weighted by Crippen LogP contribution is -2.16. The summed E-state index contributed by atoms with van der Waals surface area (Å²) in [5.41, 5.74) is 16.6. The van der Waals surface area contributed by atoms with E-state index in [4.69, 9.17) is 0 Å². The second-order valence-corrected chi connectivity index (χ2v) is 18.9. The first-order chi connectivity index (χ1) is 34.0. The Labute approximate surface area is 403 Å². The molecule has 12 aromatic rings. The summed E-state index contributed by atoms with van der Waals surface area (Å²) in [7, 11) is 0. The van der Waals surface area contributed by atoms with E-state index in [0.29, 0.717) is 0 Å². The van der Waals surface area contributed by atoms with Gasteiger partial charge >= 0.3 is 0 Å². The first kappa shape index (κ1) is 40.5. The van der Waals surface area contributed by atoms with Gasteiger partial charge in [-0.25, -0.2) is 0 Å². The van der Waals surface area contributed by atoms with Crippen LogP contribution in [0.4, 0.5) is 34.1 Å². The maximum Gasteiger partial charge on any atom is 0.0468 e. The molecule has 2 nitrogen and oxygen atoms in total. The molecule has 0 saturated heterocycles. The van der Waals surface area contributed by atoms with E-state index in [2.05, 4.69) is 278 Å². The number of rotatable bonds is 8. The van der Waals surface area contributed by atoms with Gasteiger partial charge in [-0.2, -0.15) is 0 Å². The molecule has 0 saturated carbocycles. The molecule has 69 heavy (non-hydrogen) atoms. The third-order valence-corrected chi connectivity index (χ3v) is 14.5. The molecular weight excluding hydrogens is 833 g/mol.